The van der Waals surface area contributed by atoms with E-state index in [9.17, 15) is 9.59 Å². The highest BCUT2D eigenvalue weighted by Gasteiger charge is 2.10. The van der Waals surface area contributed by atoms with Gasteiger partial charge in [0.15, 0.2) is 5.78 Å². The smallest absolute Gasteiger partial charge is 0.307 e. The summed E-state index contributed by atoms with van der Waals surface area (Å²) >= 11 is 5.70. The summed E-state index contributed by atoms with van der Waals surface area (Å²) in [5.41, 5.74) is 0.870. The fraction of sp³-hybridized carbons (Fsp3) is 0.200. The molecule has 1 aromatic rings. The van der Waals surface area contributed by atoms with Gasteiger partial charge < -0.3 is 5.11 Å². The molecule has 0 aromatic heterocycles. The molecule has 0 saturated heterocycles. The van der Waals surface area contributed by atoms with E-state index in [4.69, 9.17) is 16.7 Å². The number of carboxylic acids is 1. The molecule has 0 aliphatic rings. The number of hydrogen-bond acceptors (Lipinski definition) is 2. The Bertz CT molecular complexity index is 385. The maximum absolute atomic E-state index is 11.1. The van der Waals surface area contributed by atoms with E-state index in [1.807, 2.05) is 0 Å². The molecule has 0 radical (unpaired) electrons. The predicted octanol–water partition coefficient (Wildman–Crippen LogP) is 2.17. The molecular formula is C10H9ClO3. The Labute approximate surface area is 86.3 Å². The minimum Gasteiger partial charge on any atom is -0.481 e. The van der Waals surface area contributed by atoms with Gasteiger partial charge in [0.1, 0.15) is 0 Å². The first-order valence-electron chi connectivity index (χ1n) is 4.02. The van der Waals surface area contributed by atoms with Crippen LogP contribution in [0.4, 0.5) is 0 Å². The van der Waals surface area contributed by atoms with Crippen LogP contribution < -0.4 is 0 Å². The second-order valence-corrected chi connectivity index (χ2v) is 3.36. The number of carbonyl (C=O) groups excluding carboxylic acids is 1. The number of Topliss-reactive ketones (excluding diaryl/α,β-unsaturated/α-hetero) is 1. The quantitative estimate of drug-likeness (QED) is 0.782. The molecule has 0 bridgehead atoms. The van der Waals surface area contributed by atoms with Crippen LogP contribution in [-0.2, 0) is 11.2 Å². The molecule has 1 rings (SSSR count). The van der Waals surface area contributed by atoms with Gasteiger partial charge in [0.2, 0.25) is 0 Å². The van der Waals surface area contributed by atoms with E-state index in [0.717, 1.165) is 0 Å². The summed E-state index contributed by atoms with van der Waals surface area (Å²) in [6, 6.07) is 4.62. The molecule has 0 aliphatic carbocycles. The van der Waals surface area contributed by atoms with Crippen molar-refractivity contribution in [2.24, 2.45) is 0 Å². The van der Waals surface area contributed by atoms with Gasteiger partial charge >= 0.3 is 5.97 Å². The molecule has 0 fully saturated rings. The first kappa shape index (κ1) is 10.7. The molecule has 74 valence electrons. The lowest BCUT2D eigenvalue weighted by Gasteiger charge is -2.04. The number of carboxylic acid groups (broad SMARTS) is 1. The van der Waals surface area contributed by atoms with Gasteiger partial charge in [0, 0.05) is 10.6 Å². The van der Waals surface area contributed by atoms with Crippen LogP contribution in [0.2, 0.25) is 5.02 Å². The van der Waals surface area contributed by atoms with Gasteiger partial charge in [0.25, 0.3) is 0 Å². The summed E-state index contributed by atoms with van der Waals surface area (Å²) in [5, 5.41) is 9.05. The van der Waals surface area contributed by atoms with Crippen molar-refractivity contribution in [1.82, 2.24) is 0 Å². The SMILES string of the molecule is CC(=O)c1ccc(Cl)cc1CC(=O)O. The van der Waals surface area contributed by atoms with Crippen molar-refractivity contribution < 1.29 is 14.7 Å². The first-order chi connectivity index (χ1) is 6.50. The van der Waals surface area contributed by atoms with Crippen molar-refractivity contribution >= 4 is 23.4 Å². The Kier molecular flexibility index (Phi) is 3.25. The lowest BCUT2D eigenvalue weighted by molar-refractivity contribution is -0.136. The summed E-state index contributed by atoms with van der Waals surface area (Å²) in [4.78, 5) is 21.6. The van der Waals surface area contributed by atoms with E-state index in [1.54, 1.807) is 12.1 Å². The van der Waals surface area contributed by atoms with E-state index >= 15 is 0 Å². The van der Waals surface area contributed by atoms with Crippen LogP contribution in [0.15, 0.2) is 18.2 Å². The van der Waals surface area contributed by atoms with E-state index in [1.165, 1.54) is 13.0 Å². The van der Waals surface area contributed by atoms with Gasteiger partial charge in [-0.05, 0) is 30.7 Å². The molecule has 0 saturated carbocycles. The number of benzene rings is 1. The van der Waals surface area contributed by atoms with Crippen LogP contribution in [0.3, 0.4) is 0 Å². The molecule has 1 N–H and O–H groups in total. The Morgan fingerprint density at radius 1 is 1.43 bits per heavy atom. The molecule has 4 heteroatoms. The van der Waals surface area contributed by atoms with E-state index in [0.29, 0.717) is 16.1 Å². The average Bonchev–Trinajstić information content (AvgIpc) is 2.01. The molecule has 3 nitrogen and oxygen atoms in total. The lowest BCUT2D eigenvalue weighted by atomic mass is 10.0. The van der Waals surface area contributed by atoms with Crippen LogP contribution in [0.5, 0.6) is 0 Å². The Hall–Kier alpha value is -1.35. The highest BCUT2D eigenvalue weighted by atomic mass is 35.5. The normalized spacial score (nSPS) is 9.86. The van der Waals surface area contributed by atoms with Crippen LogP contribution in [0.25, 0.3) is 0 Å². The number of aliphatic carboxylic acids is 1. The van der Waals surface area contributed by atoms with Crippen LogP contribution >= 0.6 is 11.6 Å². The van der Waals surface area contributed by atoms with E-state index in [-0.39, 0.29) is 12.2 Å². The standard InChI is InChI=1S/C10H9ClO3/c1-6(12)9-3-2-8(11)4-7(9)5-10(13)14/h2-4H,5H2,1H3,(H,13,14). The fourth-order valence-electron chi connectivity index (χ4n) is 1.21. The maximum atomic E-state index is 11.1. The third kappa shape index (κ3) is 2.57. The zero-order valence-electron chi connectivity index (χ0n) is 7.58. The van der Waals surface area contributed by atoms with Crippen molar-refractivity contribution in [1.29, 1.82) is 0 Å². The van der Waals surface area contributed by atoms with Gasteiger partial charge in [0.05, 0.1) is 6.42 Å². The van der Waals surface area contributed by atoms with Gasteiger partial charge in [-0.2, -0.15) is 0 Å². The Balaban J connectivity index is 3.15. The summed E-state index contributed by atoms with van der Waals surface area (Å²) in [5.74, 6) is -1.13. The fourth-order valence-corrected chi connectivity index (χ4v) is 1.41. The third-order valence-electron chi connectivity index (χ3n) is 1.79. The second-order valence-electron chi connectivity index (χ2n) is 2.93. The van der Waals surface area contributed by atoms with E-state index < -0.39 is 5.97 Å². The Morgan fingerprint density at radius 3 is 2.57 bits per heavy atom. The van der Waals surface area contributed by atoms with Gasteiger partial charge in [-0.1, -0.05) is 11.6 Å². The van der Waals surface area contributed by atoms with Crippen LogP contribution in [0, 0.1) is 0 Å². The molecule has 14 heavy (non-hydrogen) atoms. The minimum atomic E-state index is -0.977. The van der Waals surface area contributed by atoms with Gasteiger partial charge in [-0.3, -0.25) is 9.59 Å². The van der Waals surface area contributed by atoms with E-state index in [2.05, 4.69) is 0 Å². The zero-order valence-corrected chi connectivity index (χ0v) is 8.34. The lowest BCUT2D eigenvalue weighted by Crippen LogP contribution is -2.06. The second kappa shape index (κ2) is 4.24. The summed E-state index contributed by atoms with van der Waals surface area (Å²) < 4.78 is 0. The monoisotopic (exact) mass is 212 g/mol. The largest absolute Gasteiger partial charge is 0.481 e. The average molecular weight is 213 g/mol. The number of carbonyl (C=O) groups is 2. The van der Waals surface area contributed by atoms with Crippen molar-refractivity contribution in [2.45, 2.75) is 13.3 Å². The van der Waals surface area contributed by atoms with Crippen LogP contribution in [0.1, 0.15) is 22.8 Å². The summed E-state index contributed by atoms with van der Waals surface area (Å²) in [7, 11) is 0. The van der Waals surface area contributed by atoms with Crippen molar-refractivity contribution in [3.05, 3.63) is 34.3 Å². The zero-order chi connectivity index (χ0) is 10.7. The maximum Gasteiger partial charge on any atom is 0.307 e. The van der Waals surface area contributed by atoms with Crippen molar-refractivity contribution in [3.63, 3.8) is 0 Å². The highest BCUT2D eigenvalue weighted by Crippen LogP contribution is 2.17. The highest BCUT2D eigenvalue weighted by molar-refractivity contribution is 6.30. The minimum absolute atomic E-state index is 0.155. The number of hydrogen-bond donors (Lipinski definition) is 1. The van der Waals surface area contributed by atoms with Gasteiger partial charge in [-0.15, -0.1) is 0 Å². The van der Waals surface area contributed by atoms with Crippen molar-refractivity contribution in [2.75, 3.05) is 0 Å². The Morgan fingerprint density at radius 2 is 2.07 bits per heavy atom. The molecule has 0 atom stereocenters. The molecular weight excluding hydrogens is 204 g/mol. The first-order valence-corrected chi connectivity index (χ1v) is 4.39. The number of rotatable bonds is 3. The molecule has 0 amide bonds. The predicted molar refractivity (Wildman–Crippen MR) is 52.8 cm³/mol. The number of ketones is 1. The molecule has 1 aromatic carbocycles. The molecule has 0 aliphatic heterocycles. The molecule has 0 heterocycles. The molecule has 0 spiro atoms. The summed E-state index contributed by atoms with van der Waals surface area (Å²) in [6.07, 6.45) is -0.185. The topological polar surface area (TPSA) is 54.4 Å². The van der Waals surface area contributed by atoms with Crippen molar-refractivity contribution in [3.8, 4) is 0 Å². The van der Waals surface area contributed by atoms with Crippen LogP contribution in [-0.4, -0.2) is 16.9 Å². The molecule has 0 unspecified atom stereocenters. The number of halogens is 1. The van der Waals surface area contributed by atoms with Gasteiger partial charge in [-0.25, -0.2) is 0 Å². The summed E-state index contributed by atoms with van der Waals surface area (Å²) in [6.45, 7) is 1.40. The third-order valence-corrected chi connectivity index (χ3v) is 2.02.